The standard InChI is InChI=1S/C14H17BrO2/c1-17-14(16)11-7-3-6-10-13(15)12-8-4-2-5-9-12/h2,4-5,8-10H,3,6-7,11H2,1H3/b13-10-. The van der Waals surface area contributed by atoms with Crippen LogP contribution in [-0.4, -0.2) is 13.1 Å². The van der Waals surface area contributed by atoms with Crippen molar-refractivity contribution >= 4 is 26.4 Å². The van der Waals surface area contributed by atoms with Crippen molar-refractivity contribution in [1.29, 1.82) is 0 Å². The van der Waals surface area contributed by atoms with Crippen LogP contribution >= 0.6 is 15.9 Å². The number of benzene rings is 1. The van der Waals surface area contributed by atoms with Crippen molar-refractivity contribution in [3.05, 3.63) is 42.0 Å². The van der Waals surface area contributed by atoms with Gasteiger partial charge in [-0.1, -0.05) is 52.3 Å². The third-order valence-electron chi connectivity index (χ3n) is 2.44. The second kappa shape index (κ2) is 8.07. The summed E-state index contributed by atoms with van der Waals surface area (Å²) in [5.74, 6) is -0.129. The summed E-state index contributed by atoms with van der Waals surface area (Å²) in [5, 5.41) is 0. The molecule has 0 aromatic heterocycles. The molecule has 0 unspecified atom stereocenters. The first-order chi connectivity index (χ1) is 8.24. The van der Waals surface area contributed by atoms with Gasteiger partial charge in [0.25, 0.3) is 0 Å². The van der Waals surface area contributed by atoms with Crippen LogP contribution in [0, 0.1) is 0 Å². The summed E-state index contributed by atoms with van der Waals surface area (Å²) >= 11 is 3.55. The second-order valence-corrected chi connectivity index (χ2v) is 4.59. The average Bonchev–Trinajstić information content (AvgIpc) is 2.38. The minimum atomic E-state index is -0.129. The number of hydrogen-bond acceptors (Lipinski definition) is 2. The molecular formula is C14H17BrO2. The third kappa shape index (κ3) is 5.68. The topological polar surface area (TPSA) is 26.3 Å². The molecular weight excluding hydrogens is 280 g/mol. The van der Waals surface area contributed by atoms with Crippen LogP contribution in [-0.2, 0) is 9.53 Å². The Morgan fingerprint density at radius 1 is 1.29 bits per heavy atom. The molecule has 0 bridgehead atoms. The molecule has 0 heterocycles. The molecule has 0 saturated heterocycles. The highest BCUT2D eigenvalue weighted by Crippen LogP contribution is 2.21. The van der Waals surface area contributed by atoms with Crippen molar-refractivity contribution in [2.45, 2.75) is 25.7 Å². The minimum Gasteiger partial charge on any atom is -0.469 e. The molecule has 92 valence electrons. The van der Waals surface area contributed by atoms with E-state index in [0.29, 0.717) is 6.42 Å². The highest BCUT2D eigenvalue weighted by Gasteiger charge is 1.99. The number of hydrogen-bond donors (Lipinski definition) is 0. The van der Waals surface area contributed by atoms with Crippen LogP contribution in [0.2, 0.25) is 0 Å². The van der Waals surface area contributed by atoms with Crippen LogP contribution in [0.5, 0.6) is 0 Å². The third-order valence-corrected chi connectivity index (χ3v) is 3.22. The van der Waals surface area contributed by atoms with Gasteiger partial charge in [0.1, 0.15) is 0 Å². The van der Waals surface area contributed by atoms with Crippen molar-refractivity contribution in [2.75, 3.05) is 7.11 Å². The maximum Gasteiger partial charge on any atom is 0.305 e. The van der Waals surface area contributed by atoms with Crippen molar-refractivity contribution in [3.8, 4) is 0 Å². The normalized spacial score (nSPS) is 11.3. The molecule has 0 aliphatic carbocycles. The number of carbonyl (C=O) groups excluding carboxylic acids is 1. The maximum absolute atomic E-state index is 10.9. The second-order valence-electron chi connectivity index (χ2n) is 3.74. The Bertz CT molecular complexity index is 371. The SMILES string of the molecule is COC(=O)CCCC/C=C(\Br)c1ccccc1. The number of methoxy groups -OCH3 is 1. The molecule has 0 fully saturated rings. The van der Waals surface area contributed by atoms with Crippen molar-refractivity contribution in [3.63, 3.8) is 0 Å². The molecule has 0 aliphatic heterocycles. The van der Waals surface area contributed by atoms with Gasteiger partial charge in [0, 0.05) is 10.9 Å². The number of esters is 1. The molecule has 0 aliphatic rings. The van der Waals surface area contributed by atoms with Crippen LogP contribution < -0.4 is 0 Å². The molecule has 0 radical (unpaired) electrons. The molecule has 1 aromatic rings. The Hall–Kier alpha value is -1.09. The number of halogens is 1. The summed E-state index contributed by atoms with van der Waals surface area (Å²) in [6.07, 6.45) is 5.49. The van der Waals surface area contributed by atoms with Gasteiger partial charge in [0.05, 0.1) is 7.11 Å². The highest BCUT2D eigenvalue weighted by molar-refractivity contribution is 9.15. The molecule has 0 atom stereocenters. The van der Waals surface area contributed by atoms with Crippen LogP contribution in [0.3, 0.4) is 0 Å². The summed E-state index contributed by atoms with van der Waals surface area (Å²) in [6, 6.07) is 10.2. The van der Waals surface area contributed by atoms with Gasteiger partial charge in [-0.25, -0.2) is 0 Å². The molecule has 0 amide bonds. The van der Waals surface area contributed by atoms with Crippen molar-refractivity contribution in [1.82, 2.24) is 0 Å². The molecule has 1 rings (SSSR count). The van der Waals surface area contributed by atoms with E-state index >= 15 is 0 Å². The summed E-state index contributed by atoms with van der Waals surface area (Å²) < 4.78 is 5.69. The lowest BCUT2D eigenvalue weighted by molar-refractivity contribution is -0.140. The molecule has 0 N–H and O–H groups in total. The Kier molecular flexibility index (Phi) is 6.63. The Labute approximate surface area is 111 Å². The fourth-order valence-electron chi connectivity index (χ4n) is 1.46. The largest absolute Gasteiger partial charge is 0.469 e. The first kappa shape index (κ1) is 14.0. The van der Waals surface area contributed by atoms with E-state index in [1.807, 2.05) is 18.2 Å². The molecule has 1 aromatic carbocycles. The molecule has 17 heavy (non-hydrogen) atoms. The van der Waals surface area contributed by atoms with E-state index < -0.39 is 0 Å². The number of rotatable bonds is 6. The van der Waals surface area contributed by atoms with Crippen molar-refractivity contribution < 1.29 is 9.53 Å². The van der Waals surface area contributed by atoms with E-state index in [1.165, 1.54) is 12.7 Å². The number of allylic oxidation sites excluding steroid dienone is 1. The fourth-order valence-corrected chi connectivity index (χ4v) is 1.95. The van der Waals surface area contributed by atoms with E-state index in [9.17, 15) is 4.79 Å². The fraction of sp³-hybridized carbons (Fsp3) is 0.357. The molecule has 2 nitrogen and oxygen atoms in total. The summed E-state index contributed by atoms with van der Waals surface area (Å²) in [4.78, 5) is 10.9. The van der Waals surface area contributed by atoms with Crippen molar-refractivity contribution in [2.24, 2.45) is 0 Å². The van der Waals surface area contributed by atoms with Gasteiger partial charge in [0.15, 0.2) is 0 Å². The van der Waals surface area contributed by atoms with Crippen LogP contribution in [0.25, 0.3) is 4.48 Å². The Morgan fingerprint density at radius 3 is 2.65 bits per heavy atom. The van der Waals surface area contributed by atoms with Gasteiger partial charge in [-0.05, 0) is 24.8 Å². The number of ether oxygens (including phenoxy) is 1. The lowest BCUT2D eigenvalue weighted by atomic mass is 10.1. The summed E-state index contributed by atoms with van der Waals surface area (Å²) in [7, 11) is 1.42. The Balaban J connectivity index is 2.27. The quantitative estimate of drug-likeness (QED) is 0.582. The number of carbonyl (C=O) groups is 1. The van der Waals surface area contributed by atoms with Gasteiger partial charge in [0.2, 0.25) is 0 Å². The van der Waals surface area contributed by atoms with E-state index in [1.54, 1.807) is 0 Å². The van der Waals surface area contributed by atoms with Crippen LogP contribution in [0.4, 0.5) is 0 Å². The van der Waals surface area contributed by atoms with E-state index in [4.69, 9.17) is 0 Å². The zero-order valence-electron chi connectivity index (χ0n) is 9.99. The lowest BCUT2D eigenvalue weighted by Crippen LogP contribution is -1.98. The molecule has 0 saturated carbocycles. The smallest absolute Gasteiger partial charge is 0.305 e. The predicted molar refractivity (Wildman–Crippen MR) is 73.8 cm³/mol. The van der Waals surface area contributed by atoms with Gasteiger partial charge < -0.3 is 4.74 Å². The Morgan fingerprint density at radius 2 is 2.00 bits per heavy atom. The zero-order chi connectivity index (χ0) is 12.5. The first-order valence-corrected chi connectivity index (χ1v) is 6.51. The predicted octanol–water partition coefficient (Wildman–Crippen LogP) is 4.16. The van der Waals surface area contributed by atoms with E-state index in [0.717, 1.165) is 23.7 Å². The van der Waals surface area contributed by atoms with Gasteiger partial charge in [-0.3, -0.25) is 4.79 Å². The van der Waals surface area contributed by atoms with Gasteiger partial charge >= 0.3 is 5.97 Å². The van der Waals surface area contributed by atoms with Crippen LogP contribution in [0.1, 0.15) is 31.2 Å². The molecule has 3 heteroatoms. The average molecular weight is 297 g/mol. The first-order valence-electron chi connectivity index (χ1n) is 5.72. The maximum atomic E-state index is 10.9. The van der Waals surface area contributed by atoms with E-state index in [2.05, 4.69) is 38.9 Å². The number of unbranched alkanes of at least 4 members (excludes halogenated alkanes) is 2. The van der Waals surface area contributed by atoms with Gasteiger partial charge in [-0.2, -0.15) is 0 Å². The van der Waals surface area contributed by atoms with Crippen LogP contribution in [0.15, 0.2) is 36.4 Å². The summed E-state index contributed by atoms with van der Waals surface area (Å²) in [6.45, 7) is 0. The summed E-state index contributed by atoms with van der Waals surface area (Å²) in [5.41, 5.74) is 1.18. The molecule has 0 spiro atoms. The zero-order valence-corrected chi connectivity index (χ0v) is 11.6. The van der Waals surface area contributed by atoms with E-state index in [-0.39, 0.29) is 5.97 Å². The van der Waals surface area contributed by atoms with Gasteiger partial charge in [-0.15, -0.1) is 0 Å². The monoisotopic (exact) mass is 296 g/mol. The minimum absolute atomic E-state index is 0.129. The highest BCUT2D eigenvalue weighted by atomic mass is 79.9. The lowest BCUT2D eigenvalue weighted by Gasteiger charge is -2.00.